The quantitative estimate of drug-likeness (QED) is 0.881. The monoisotopic (exact) mass is 247 g/mol. The van der Waals surface area contributed by atoms with Gasteiger partial charge in [-0.1, -0.05) is 43.2 Å². The van der Waals surface area contributed by atoms with Crippen molar-refractivity contribution in [1.29, 1.82) is 0 Å². The summed E-state index contributed by atoms with van der Waals surface area (Å²) in [4.78, 5) is 0. The average Bonchev–Trinajstić information content (AvgIpc) is 2.34. The molecule has 0 amide bonds. The van der Waals surface area contributed by atoms with Gasteiger partial charge in [-0.15, -0.1) is 0 Å². The van der Waals surface area contributed by atoms with E-state index in [1.54, 1.807) is 0 Å². The minimum absolute atomic E-state index is 0.0309. The molecule has 1 heterocycles. The first-order valence-corrected chi connectivity index (χ1v) is 7.02. The van der Waals surface area contributed by atoms with Gasteiger partial charge in [-0.3, -0.25) is 0 Å². The van der Waals surface area contributed by atoms with E-state index in [0.717, 1.165) is 19.4 Å². The lowest BCUT2D eigenvalue weighted by Crippen LogP contribution is -2.53. The minimum Gasteiger partial charge on any atom is -0.364 e. The van der Waals surface area contributed by atoms with Crippen LogP contribution < -0.4 is 5.32 Å². The van der Waals surface area contributed by atoms with Gasteiger partial charge in [0, 0.05) is 12.6 Å². The van der Waals surface area contributed by atoms with Crippen LogP contribution in [0.15, 0.2) is 24.3 Å². The molecule has 0 aliphatic carbocycles. The Balaban J connectivity index is 2.17. The molecule has 2 rings (SSSR count). The van der Waals surface area contributed by atoms with Crippen LogP contribution in [0.25, 0.3) is 0 Å². The Bertz CT molecular complexity index is 387. The number of aryl methyl sites for hydroxylation is 1. The molecule has 0 spiro atoms. The summed E-state index contributed by atoms with van der Waals surface area (Å²) in [7, 11) is 0. The van der Waals surface area contributed by atoms with E-state index in [9.17, 15) is 0 Å². The lowest BCUT2D eigenvalue weighted by atomic mass is 9.93. The molecule has 3 atom stereocenters. The van der Waals surface area contributed by atoms with Gasteiger partial charge in [-0.2, -0.15) is 0 Å². The standard InChI is InChI=1S/C16H25NO/c1-5-10-16(4)11-17-13(3)15(18-16)14-8-6-12(2)7-9-14/h6-9,13,15,17H,5,10-11H2,1-4H3. The summed E-state index contributed by atoms with van der Waals surface area (Å²) < 4.78 is 6.39. The first kappa shape index (κ1) is 13.6. The number of nitrogens with one attached hydrogen (secondary N) is 1. The number of morpholine rings is 1. The number of hydrogen-bond donors (Lipinski definition) is 1. The molecule has 2 heteroatoms. The van der Waals surface area contributed by atoms with E-state index in [4.69, 9.17) is 4.74 Å². The van der Waals surface area contributed by atoms with Gasteiger partial charge in [0.05, 0.1) is 11.7 Å². The fourth-order valence-corrected chi connectivity index (χ4v) is 2.72. The van der Waals surface area contributed by atoms with Crippen LogP contribution in [0.5, 0.6) is 0 Å². The van der Waals surface area contributed by atoms with Gasteiger partial charge in [0.15, 0.2) is 0 Å². The molecule has 0 saturated carbocycles. The van der Waals surface area contributed by atoms with Crippen molar-refractivity contribution >= 4 is 0 Å². The minimum atomic E-state index is -0.0309. The maximum absolute atomic E-state index is 6.39. The molecule has 1 aromatic rings. The Labute approximate surface area is 111 Å². The van der Waals surface area contributed by atoms with Crippen LogP contribution in [0.2, 0.25) is 0 Å². The van der Waals surface area contributed by atoms with E-state index >= 15 is 0 Å². The maximum atomic E-state index is 6.39. The molecule has 1 fully saturated rings. The molecular formula is C16H25NO. The van der Waals surface area contributed by atoms with Crippen molar-refractivity contribution < 1.29 is 4.74 Å². The van der Waals surface area contributed by atoms with Crippen molar-refractivity contribution in [3.63, 3.8) is 0 Å². The Morgan fingerprint density at radius 2 is 2.00 bits per heavy atom. The van der Waals surface area contributed by atoms with Crippen LogP contribution in [-0.4, -0.2) is 18.2 Å². The Morgan fingerprint density at radius 3 is 2.61 bits per heavy atom. The van der Waals surface area contributed by atoms with Crippen molar-refractivity contribution in [1.82, 2.24) is 5.32 Å². The highest BCUT2D eigenvalue weighted by atomic mass is 16.5. The second-order valence-corrected chi connectivity index (χ2v) is 5.82. The second-order valence-electron chi connectivity index (χ2n) is 5.82. The Kier molecular flexibility index (Phi) is 4.08. The first-order chi connectivity index (χ1) is 8.54. The van der Waals surface area contributed by atoms with E-state index in [1.165, 1.54) is 11.1 Å². The molecule has 18 heavy (non-hydrogen) atoms. The van der Waals surface area contributed by atoms with Gasteiger partial charge in [0.1, 0.15) is 0 Å². The van der Waals surface area contributed by atoms with Crippen molar-refractivity contribution in [2.75, 3.05) is 6.54 Å². The van der Waals surface area contributed by atoms with E-state index in [0.29, 0.717) is 6.04 Å². The third-order valence-electron chi connectivity index (χ3n) is 3.85. The van der Waals surface area contributed by atoms with Gasteiger partial charge >= 0.3 is 0 Å². The van der Waals surface area contributed by atoms with Gasteiger partial charge in [0.2, 0.25) is 0 Å². The largest absolute Gasteiger partial charge is 0.364 e. The summed E-state index contributed by atoms with van der Waals surface area (Å²) >= 11 is 0. The van der Waals surface area contributed by atoms with Crippen LogP contribution in [0.4, 0.5) is 0 Å². The lowest BCUT2D eigenvalue weighted by molar-refractivity contribution is -0.129. The molecular weight excluding hydrogens is 222 g/mol. The van der Waals surface area contributed by atoms with Crippen molar-refractivity contribution in [3.05, 3.63) is 35.4 Å². The molecule has 3 unspecified atom stereocenters. The first-order valence-electron chi connectivity index (χ1n) is 7.02. The number of rotatable bonds is 3. The average molecular weight is 247 g/mol. The summed E-state index contributed by atoms with van der Waals surface area (Å²) in [6.07, 6.45) is 2.43. The zero-order chi connectivity index (χ0) is 13.2. The summed E-state index contributed by atoms with van der Waals surface area (Å²) in [6, 6.07) is 9.08. The molecule has 1 saturated heterocycles. The third kappa shape index (κ3) is 2.93. The molecule has 1 aliphatic rings. The molecule has 1 aromatic carbocycles. The van der Waals surface area contributed by atoms with Gasteiger partial charge in [-0.05, 0) is 32.8 Å². The Hall–Kier alpha value is -0.860. The highest BCUT2D eigenvalue weighted by molar-refractivity contribution is 5.24. The predicted molar refractivity (Wildman–Crippen MR) is 75.8 cm³/mol. The molecule has 100 valence electrons. The van der Waals surface area contributed by atoms with Crippen molar-refractivity contribution in [3.8, 4) is 0 Å². The van der Waals surface area contributed by atoms with E-state index in [-0.39, 0.29) is 11.7 Å². The van der Waals surface area contributed by atoms with Crippen molar-refractivity contribution in [2.45, 2.75) is 58.3 Å². The third-order valence-corrected chi connectivity index (χ3v) is 3.85. The summed E-state index contributed by atoms with van der Waals surface area (Å²) in [5.41, 5.74) is 2.55. The van der Waals surface area contributed by atoms with Crippen LogP contribution >= 0.6 is 0 Å². The number of ether oxygens (including phenoxy) is 1. The van der Waals surface area contributed by atoms with E-state index < -0.39 is 0 Å². The van der Waals surface area contributed by atoms with Crippen LogP contribution in [-0.2, 0) is 4.74 Å². The fraction of sp³-hybridized carbons (Fsp3) is 0.625. The van der Waals surface area contributed by atoms with E-state index in [1.807, 2.05) is 0 Å². The van der Waals surface area contributed by atoms with Gasteiger partial charge in [-0.25, -0.2) is 0 Å². The topological polar surface area (TPSA) is 21.3 Å². The SMILES string of the molecule is CCCC1(C)CNC(C)C(c2ccc(C)cc2)O1. The van der Waals surface area contributed by atoms with Crippen LogP contribution in [0, 0.1) is 6.92 Å². The molecule has 0 aromatic heterocycles. The zero-order valence-corrected chi connectivity index (χ0v) is 12.0. The van der Waals surface area contributed by atoms with Crippen LogP contribution in [0.1, 0.15) is 50.8 Å². The zero-order valence-electron chi connectivity index (χ0n) is 12.0. The molecule has 1 N–H and O–H groups in total. The molecule has 0 radical (unpaired) electrons. The fourth-order valence-electron chi connectivity index (χ4n) is 2.72. The number of hydrogen-bond acceptors (Lipinski definition) is 2. The normalized spacial score (nSPS) is 32.4. The molecule has 1 aliphatic heterocycles. The second kappa shape index (κ2) is 5.41. The predicted octanol–water partition coefficient (Wildman–Crippen LogP) is 3.60. The summed E-state index contributed by atoms with van der Waals surface area (Å²) in [6.45, 7) is 9.71. The lowest BCUT2D eigenvalue weighted by Gasteiger charge is -2.43. The Morgan fingerprint density at radius 1 is 1.33 bits per heavy atom. The van der Waals surface area contributed by atoms with Gasteiger partial charge in [0.25, 0.3) is 0 Å². The maximum Gasteiger partial charge on any atom is 0.0983 e. The van der Waals surface area contributed by atoms with E-state index in [2.05, 4.69) is 57.3 Å². The highest BCUT2D eigenvalue weighted by Gasteiger charge is 2.36. The number of benzene rings is 1. The van der Waals surface area contributed by atoms with Gasteiger partial charge < -0.3 is 10.1 Å². The summed E-state index contributed by atoms with van der Waals surface area (Å²) in [5, 5.41) is 3.60. The molecule has 2 nitrogen and oxygen atoms in total. The molecule has 0 bridgehead atoms. The van der Waals surface area contributed by atoms with Crippen molar-refractivity contribution in [2.24, 2.45) is 0 Å². The summed E-state index contributed by atoms with van der Waals surface area (Å²) in [5.74, 6) is 0. The highest BCUT2D eigenvalue weighted by Crippen LogP contribution is 2.33. The van der Waals surface area contributed by atoms with Crippen LogP contribution in [0.3, 0.4) is 0 Å². The smallest absolute Gasteiger partial charge is 0.0983 e.